The van der Waals surface area contributed by atoms with Crippen molar-refractivity contribution in [2.75, 3.05) is 51.2 Å². The molecule has 0 unspecified atom stereocenters. The highest BCUT2D eigenvalue weighted by Crippen LogP contribution is 2.31. The molecule has 1 N–H and O–H groups in total. The van der Waals surface area contributed by atoms with Gasteiger partial charge in [0.2, 0.25) is 5.82 Å². The number of aromatic nitrogens is 4. The van der Waals surface area contributed by atoms with Gasteiger partial charge in [-0.2, -0.15) is 14.5 Å². The van der Waals surface area contributed by atoms with E-state index < -0.39 is 5.82 Å². The molecule has 2 fully saturated rings. The van der Waals surface area contributed by atoms with Crippen LogP contribution < -0.4 is 15.0 Å². The Morgan fingerprint density at radius 3 is 2.69 bits per heavy atom. The third-order valence-corrected chi connectivity index (χ3v) is 5.80. The van der Waals surface area contributed by atoms with Crippen molar-refractivity contribution >= 4 is 36.1 Å². The highest BCUT2D eigenvalue weighted by atomic mass is 35.5. The van der Waals surface area contributed by atoms with Crippen LogP contribution in [-0.4, -0.2) is 76.9 Å². The normalized spacial score (nSPS) is 19.3. The van der Waals surface area contributed by atoms with E-state index in [9.17, 15) is 0 Å². The third kappa shape index (κ3) is 4.91. The molecule has 0 aliphatic carbocycles. The first-order valence-corrected chi connectivity index (χ1v) is 10.5. The molecule has 8 nitrogen and oxygen atoms in total. The lowest BCUT2D eigenvalue weighted by atomic mass is 10.1. The van der Waals surface area contributed by atoms with Crippen molar-refractivity contribution in [2.24, 2.45) is 0 Å². The molecule has 0 saturated carbocycles. The molecule has 11 heteroatoms. The molecule has 0 spiro atoms. The van der Waals surface area contributed by atoms with Crippen molar-refractivity contribution in [1.82, 2.24) is 29.8 Å². The van der Waals surface area contributed by atoms with Crippen molar-refractivity contribution in [3.05, 3.63) is 36.4 Å². The smallest absolute Gasteiger partial charge is 0.256 e. The topological polar surface area (TPSA) is 70.8 Å². The Kier molecular flexibility index (Phi) is 8.10. The van der Waals surface area contributed by atoms with E-state index in [1.165, 1.54) is 0 Å². The van der Waals surface area contributed by atoms with Gasteiger partial charge in [-0.3, -0.25) is 0 Å². The fourth-order valence-corrected chi connectivity index (χ4v) is 4.03. The molecule has 1 atom stereocenters. The largest absolute Gasteiger partial charge is 0.471 e. The molecule has 3 aromatic rings. The molecule has 2 saturated heterocycles. The van der Waals surface area contributed by atoms with Crippen LogP contribution in [0.3, 0.4) is 0 Å². The van der Waals surface area contributed by atoms with E-state index in [2.05, 4.69) is 32.3 Å². The molecule has 174 valence electrons. The number of nitrogens with one attached hydrogen (secondary N) is 1. The van der Waals surface area contributed by atoms with Gasteiger partial charge in [0.1, 0.15) is 6.10 Å². The number of piperazine rings is 1. The Bertz CT molecular complexity index is 1040. The van der Waals surface area contributed by atoms with E-state index in [0.717, 1.165) is 43.6 Å². The van der Waals surface area contributed by atoms with Crippen LogP contribution in [0.5, 0.6) is 5.88 Å². The van der Waals surface area contributed by atoms with Crippen LogP contribution in [0.4, 0.5) is 10.2 Å². The number of ether oxygens (including phenoxy) is 1. The van der Waals surface area contributed by atoms with Crippen molar-refractivity contribution in [3.8, 4) is 17.3 Å². The average molecular weight is 484 g/mol. The maximum Gasteiger partial charge on any atom is 0.256 e. The monoisotopic (exact) mass is 483 g/mol. The zero-order valence-corrected chi connectivity index (χ0v) is 19.5. The van der Waals surface area contributed by atoms with Crippen molar-refractivity contribution in [1.29, 1.82) is 0 Å². The van der Waals surface area contributed by atoms with Crippen LogP contribution in [-0.2, 0) is 0 Å². The van der Waals surface area contributed by atoms with Gasteiger partial charge in [-0.05, 0) is 38.6 Å². The summed E-state index contributed by atoms with van der Waals surface area (Å²) >= 11 is 0. The molecule has 0 amide bonds. The molecule has 2 aliphatic heterocycles. The van der Waals surface area contributed by atoms with Crippen LogP contribution >= 0.6 is 24.8 Å². The molecule has 0 aromatic carbocycles. The van der Waals surface area contributed by atoms with Gasteiger partial charge in [0.15, 0.2) is 11.6 Å². The summed E-state index contributed by atoms with van der Waals surface area (Å²) < 4.78 is 23.3. The fraction of sp³-hybridized carbons (Fsp3) is 0.476. The van der Waals surface area contributed by atoms with E-state index in [0.29, 0.717) is 31.3 Å². The van der Waals surface area contributed by atoms with Crippen molar-refractivity contribution < 1.29 is 9.13 Å². The number of likely N-dealkylation sites (N-methyl/N-ethyl adjacent to an activating group) is 1. The SMILES string of the molecule is CN1CCN(c2nc(-c3cnn4ccccc34)nc(O[C@@H]3CCCNC3)c2F)CC1.Cl.Cl. The van der Waals surface area contributed by atoms with E-state index in [1.54, 1.807) is 10.7 Å². The molecule has 2 aliphatic rings. The first-order valence-electron chi connectivity index (χ1n) is 10.5. The van der Waals surface area contributed by atoms with E-state index >= 15 is 4.39 Å². The van der Waals surface area contributed by atoms with Gasteiger partial charge < -0.3 is 19.9 Å². The zero-order valence-electron chi connectivity index (χ0n) is 17.9. The minimum Gasteiger partial charge on any atom is -0.471 e. The Hall–Kier alpha value is -2.20. The molecule has 32 heavy (non-hydrogen) atoms. The lowest BCUT2D eigenvalue weighted by molar-refractivity contribution is 0.153. The summed E-state index contributed by atoms with van der Waals surface area (Å²) in [7, 11) is 2.07. The number of nitrogens with zero attached hydrogens (tertiary/aromatic N) is 6. The van der Waals surface area contributed by atoms with Crippen LogP contribution in [0.25, 0.3) is 16.9 Å². The fourth-order valence-electron chi connectivity index (χ4n) is 4.03. The molecular weight excluding hydrogens is 456 g/mol. The summed E-state index contributed by atoms with van der Waals surface area (Å²) in [5, 5.41) is 7.69. The maximum atomic E-state index is 15.5. The lowest BCUT2D eigenvalue weighted by Gasteiger charge is -2.33. The van der Waals surface area contributed by atoms with E-state index in [4.69, 9.17) is 4.74 Å². The third-order valence-electron chi connectivity index (χ3n) is 5.80. The first-order chi connectivity index (χ1) is 14.7. The molecular formula is C21H28Cl2FN7O. The Morgan fingerprint density at radius 1 is 1.12 bits per heavy atom. The minimum atomic E-state index is -0.481. The minimum absolute atomic E-state index is 0. The van der Waals surface area contributed by atoms with Gasteiger partial charge in [0, 0.05) is 38.9 Å². The molecule has 0 bridgehead atoms. The second-order valence-corrected chi connectivity index (χ2v) is 7.96. The second kappa shape index (κ2) is 10.6. The van der Waals surface area contributed by atoms with E-state index in [1.807, 2.05) is 29.3 Å². The van der Waals surface area contributed by atoms with Crippen molar-refractivity contribution in [2.45, 2.75) is 18.9 Å². The summed E-state index contributed by atoms with van der Waals surface area (Å²) in [5.74, 6) is 0.288. The number of pyridine rings is 1. The standard InChI is InChI=1S/C21H26FN7O.2ClH/c1-27-9-11-28(12-10-27)20-18(22)21(30-15-5-4-7-23-13-15)26-19(25-20)16-14-24-29-8-3-2-6-17(16)29;;/h2-3,6,8,14-15,23H,4-5,7,9-13H2,1H3;2*1H/t15-;;/m1../s1. The van der Waals surface area contributed by atoms with Gasteiger partial charge in [-0.25, -0.2) is 9.50 Å². The number of anilines is 1. The van der Waals surface area contributed by atoms with Gasteiger partial charge in [0.05, 0.1) is 17.3 Å². The van der Waals surface area contributed by atoms with Gasteiger partial charge in [-0.15, -0.1) is 24.8 Å². The molecule has 5 rings (SSSR count). The predicted molar refractivity (Wildman–Crippen MR) is 127 cm³/mol. The van der Waals surface area contributed by atoms with Gasteiger partial charge in [-0.1, -0.05) is 6.07 Å². The Labute approximate surface area is 199 Å². The highest BCUT2D eigenvalue weighted by molar-refractivity contribution is 5.85. The quantitative estimate of drug-likeness (QED) is 0.611. The average Bonchev–Trinajstić information content (AvgIpc) is 3.21. The van der Waals surface area contributed by atoms with Crippen molar-refractivity contribution in [3.63, 3.8) is 0 Å². The second-order valence-electron chi connectivity index (χ2n) is 7.96. The number of piperidine rings is 1. The number of rotatable bonds is 4. The van der Waals surface area contributed by atoms with Crippen LogP contribution in [0.15, 0.2) is 30.6 Å². The van der Waals surface area contributed by atoms with Crippen LogP contribution in [0.1, 0.15) is 12.8 Å². The summed E-state index contributed by atoms with van der Waals surface area (Å²) in [5.41, 5.74) is 1.64. The Morgan fingerprint density at radius 2 is 1.94 bits per heavy atom. The number of hydrogen-bond donors (Lipinski definition) is 1. The number of hydrogen-bond acceptors (Lipinski definition) is 7. The van der Waals surface area contributed by atoms with E-state index in [-0.39, 0.29) is 36.8 Å². The predicted octanol–water partition coefficient (Wildman–Crippen LogP) is 2.66. The molecule has 3 aromatic heterocycles. The summed E-state index contributed by atoms with van der Waals surface area (Å²) in [6.07, 6.45) is 5.38. The highest BCUT2D eigenvalue weighted by Gasteiger charge is 2.27. The number of halogens is 3. The summed E-state index contributed by atoms with van der Waals surface area (Å²) in [4.78, 5) is 13.4. The number of fused-ring (bicyclic) bond motifs is 1. The maximum absolute atomic E-state index is 15.5. The zero-order chi connectivity index (χ0) is 20.5. The molecule has 0 radical (unpaired) electrons. The molecule has 5 heterocycles. The van der Waals surface area contributed by atoms with Crippen LogP contribution in [0, 0.1) is 5.82 Å². The summed E-state index contributed by atoms with van der Waals surface area (Å²) in [6, 6.07) is 5.81. The Balaban J connectivity index is 0.00000144. The van der Waals surface area contributed by atoms with Gasteiger partial charge >= 0.3 is 0 Å². The first kappa shape index (κ1) is 24.4. The lowest BCUT2D eigenvalue weighted by Crippen LogP contribution is -2.45. The summed E-state index contributed by atoms with van der Waals surface area (Å²) in [6.45, 7) is 4.80. The van der Waals surface area contributed by atoms with Gasteiger partial charge in [0.25, 0.3) is 5.88 Å². The van der Waals surface area contributed by atoms with Crippen LogP contribution in [0.2, 0.25) is 0 Å².